The molecule has 2 aliphatic rings. The minimum absolute atomic E-state index is 1.12. The first-order valence-electron chi connectivity index (χ1n) is 12.4. The van der Waals surface area contributed by atoms with Crippen molar-refractivity contribution in [3.05, 3.63) is 99.9 Å². The molecule has 0 bridgehead atoms. The minimum atomic E-state index is 1.12. The highest BCUT2D eigenvalue weighted by molar-refractivity contribution is 5.87. The second-order valence-corrected chi connectivity index (χ2v) is 9.22. The van der Waals surface area contributed by atoms with E-state index in [1.54, 1.807) is 16.7 Å². The molecule has 0 aliphatic heterocycles. The molecule has 0 amide bonds. The topological polar surface area (TPSA) is 12.9 Å². The van der Waals surface area contributed by atoms with Crippen LogP contribution in [0.1, 0.15) is 84.7 Å². The quantitative estimate of drug-likeness (QED) is 0.406. The summed E-state index contributed by atoms with van der Waals surface area (Å²) in [7, 11) is 0. The van der Waals surface area contributed by atoms with Crippen molar-refractivity contribution in [1.29, 1.82) is 0 Å². The summed E-state index contributed by atoms with van der Waals surface area (Å²) in [6.45, 7) is 2.31. The van der Waals surface area contributed by atoms with Crippen molar-refractivity contribution in [2.45, 2.75) is 64.7 Å². The van der Waals surface area contributed by atoms with E-state index in [2.05, 4.69) is 79.7 Å². The van der Waals surface area contributed by atoms with Crippen molar-refractivity contribution in [1.82, 2.24) is 4.98 Å². The van der Waals surface area contributed by atoms with Gasteiger partial charge < -0.3 is 0 Å². The van der Waals surface area contributed by atoms with Crippen molar-refractivity contribution >= 4 is 23.3 Å². The molecule has 32 heavy (non-hydrogen) atoms. The van der Waals surface area contributed by atoms with Crippen LogP contribution in [-0.2, 0) is 19.3 Å². The Labute approximate surface area is 192 Å². The van der Waals surface area contributed by atoms with Crippen LogP contribution < -0.4 is 0 Å². The summed E-state index contributed by atoms with van der Waals surface area (Å²) in [4.78, 5) is 5.44. The second kappa shape index (κ2) is 9.69. The van der Waals surface area contributed by atoms with Crippen molar-refractivity contribution in [2.24, 2.45) is 0 Å². The van der Waals surface area contributed by atoms with Crippen LogP contribution in [0.3, 0.4) is 0 Å². The largest absolute Gasteiger partial charge is 0.248 e. The molecule has 0 saturated heterocycles. The molecule has 3 aromatic rings. The molecule has 0 spiro atoms. The van der Waals surface area contributed by atoms with Gasteiger partial charge in [-0.15, -0.1) is 0 Å². The van der Waals surface area contributed by atoms with Crippen LogP contribution in [0, 0.1) is 0 Å². The molecule has 0 N–H and O–H groups in total. The van der Waals surface area contributed by atoms with Crippen molar-refractivity contribution in [3.8, 4) is 0 Å². The van der Waals surface area contributed by atoms with E-state index in [1.807, 2.05) is 0 Å². The maximum absolute atomic E-state index is 5.44. The Morgan fingerprint density at radius 1 is 0.688 bits per heavy atom. The maximum atomic E-state index is 5.44. The minimum Gasteiger partial charge on any atom is -0.248 e. The summed E-state index contributed by atoms with van der Waals surface area (Å²) in [5.41, 5.74) is 12.7. The third-order valence-corrected chi connectivity index (χ3v) is 6.94. The number of rotatable bonds is 5. The van der Waals surface area contributed by atoms with Crippen LogP contribution in [0.4, 0.5) is 0 Å². The SMILES string of the molecule is CCCCc1c2c(nc3c1CCC/C3=C\c1ccccc1)/C(=C/c1ccccc1)CCC2. The molecule has 0 unspecified atom stereocenters. The average Bonchev–Trinajstić information content (AvgIpc) is 2.84. The zero-order valence-corrected chi connectivity index (χ0v) is 19.2. The number of hydrogen-bond acceptors (Lipinski definition) is 1. The van der Waals surface area contributed by atoms with Gasteiger partial charge in [-0.25, -0.2) is 4.98 Å². The first kappa shape index (κ1) is 20.9. The highest BCUT2D eigenvalue weighted by Crippen LogP contribution is 2.41. The fourth-order valence-electron chi connectivity index (χ4n) is 5.37. The normalized spacial score (nSPS) is 17.9. The van der Waals surface area contributed by atoms with Gasteiger partial charge in [0.25, 0.3) is 0 Å². The number of benzene rings is 2. The fraction of sp³-hybridized carbons (Fsp3) is 0.323. The van der Waals surface area contributed by atoms with Crippen LogP contribution in [0.15, 0.2) is 60.7 Å². The highest BCUT2D eigenvalue weighted by atomic mass is 14.7. The van der Waals surface area contributed by atoms with E-state index < -0.39 is 0 Å². The van der Waals surface area contributed by atoms with E-state index in [9.17, 15) is 0 Å². The molecule has 0 atom stereocenters. The monoisotopic (exact) mass is 419 g/mol. The molecular formula is C31H33N. The van der Waals surface area contributed by atoms with Gasteiger partial charge in [0.2, 0.25) is 0 Å². The Kier molecular flexibility index (Phi) is 6.34. The Morgan fingerprint density at radius 3 is 1.66 bits per heavy atom. The Morgan fingerprint density at radius 2 is 1.19 bits per heavy atom. The lowest BCUT2D eigenvalue weighted by atomic mass is 9.79. The second-order valence-electron chi connectivity index (χ2n) is 9.22. The first-order valence-corrected chi connectivity index (χ1v) is 12.4. The number of fused-ring (bicyclic) bond motifs is 2. The average molecular weight is 420 g/mol. The number of pyridine rings is 1. The van der Waals surface area contributed by atoms with Gasteiger partial charge in [-0.2, -0.15) is 0 Å². The number of nitrogens with zero attached hydrogens (tertiary/aromatic N) is 1. The molecule has 2 aromatic carbocycles. The Bertz CT molecular complexity index is 1050. The fourth-order valence-corrected chi connectivity index (χ4v) is 5.37. The molecule has 0 radical (unpaired) electrons. The van der Waals surface area contributed by atoms with Crippen molar-refractivity contribution in [2.75, 3.05) is 0 Å². The Balaban J connectivity index is 1.67. The Hall–Kier alpha value is -2.93. The molecule has 1 heteroatoms. The van der Waals surface area contributed by atoms with Gasteiger partial charge in [0, 0.05) is 0 Å². The number of allylic oxidation sites excluding steroid dienone is 2. The van der Waals surface area contributed by atoms with Gasteiger partial charge in [0.15, 0.2) is 0 Å². The van der Waals surface area contributed by atoms with E-state index in [4.69, 9.17) is 4.98 Å². The van der Waals surface area contributed by atoms with E-state index in [1.165, 1.54) is 78.6 Å². The summed E-state index contributed by atoms with van der Waals surface area (Å²) < 4.78 is 0. The zero-order valence-electron chi connectivity index (χ0n) is 19.2. The standard InChI is InChI=1S/C31H33N/c1-2-3-18-27-28-19-10-16-25(21-23-12-6-4-7-13-23)30(28)32-31-26(17-11-20-29(27)31)22-24-14-8-5-9-15-24/h4-9,12-15,21-22H,2-3,10-11,16-20H2,1H3/b25-21+,26-22+. The first-order chi connectivity index (χ1) is 15.8. The molecule has 162 valence electrons. The third-order valence-electron chi connectivity index (χ3n) is 6.94. The smallest absolute Gasteiger partial charge is 0.0704 e. The van der Waals surface area contributed by atoms with Gasteiger partial charge in [-0.05, 0) is 102 Å². The summed E-state index contributed by atoms with van der Waals surface area (Å²) in [6, 6.07) is 21.5. The molecule has 2 aliphatic carbocycles. The van der Waals surface area contributed by atoms with Crippen LogP contribution in [0.2, 0.25) is 0 Å². The van der Waals surface area contributed by atoms with Crippen LogP contribution in [0.25, 0.3) is 23.3 Å². The van der Waals surface area contributed by atoms with E-state index in [-0.39, 0.29) is 0 Å². The van der Waals surface area contributed by atoms with Crippen LogP contribution in [0.5, 0.6) is 0 Å². The summed E-state index contributed by atoms with van der Waals surface area (Å²) in [5.74, 6) is 0. The van der Waals surface area contributed by atoms with Gasteiger partial charge in [-0.3, -0.25) is 0 Å². The number of hydrogen-bond donors (Lipinski definition) is 0. The third kappa shape index (κ3) is 4.35. The van der Waals surface area contributed by atoms with E-state index >= 15 is 0 Å². The van der Waals surface area contributed by atoms with Gasteiger partial charge in [0.1, 0.15) is 0 Å². The maximum Gasteiger partial charge on any atom is 0.0704 e. The van der Waals surface area contributed by atoms with Gasteiger partial charge in [0.05, 0.1) is 11.4 Å². The zero-order chi connectivity index (χ0) is 21.8. The van der Waals surface area contributed by atoms with E-state index in [0.29, 0.717) is 0 Å². The molecule has 0 saturated carbocycles. The van der Waals surface area contributed by atoms with E-state index in [0.717, 1.165) is 12.8 Å². The predicted octanol–water partition coefficient (Wildman–Crippen LogP) is 8.18. The highest BCUT2D eigenvalue weighted by Gasteiger charge is 2.27. The lowest BCUT2D eigenvalue weighted by Crippen LogP contribution is -2.17. The van der Waals surface area contributed by atoms with Gasteiger partial charge in [-0.1, -0.05) is 74.0 Å². The molecule has 1 heterocycles. The van der Waals surface area contributed by atoms with Crippen molar-refractivity contribution < 1.29 is 0 Å². The molecule has 0 fully saturated rings. The lowest BCUT2D eigenvalue weighted by molar-refractivity contribution is 0.721. The summed E-state index contributed by atoms with van der Waals surface area (Å²) in [6.07, 6.45) is 15.5. The van der Waals surface area contributed by atoms with Crippen LogP contribution in [-0.4, -0.2) is 4.98 Å². The molecule has 1 nitrogen and oxygen atoms in total. The summed E-state index contributed by atoms with van der Waals surface area (Å²) in [5, 5.41) is 0. The lowest BCUT2D eigenvalue weighted by Gasteiger charge is -2.29. The number of unbranched alkanes of at least 4 members (excludes halogenated alkanes) is 1. The molecule has 1 aromatic heterocycles. The predicted molar refractivity (Wildman–Crippen MR) is 137 cm³/mol. The van der Waals surface area contributed by atoms with Crippen molar-refractivity contribution in [3.63, 3.8) is 0 Å². The molecular weight excluding hydrogens is 386 g/mol. The number of aromatic nitrogens is 1. The van der Waals surface area contributed by atoms with Gasteiger partial charge >= 0.3 is 0 Å². The van der Waals surface area contributed by atoms with Crippen LogP contribution >= 0.6 is 0 Å². The summed E-state index contributed by atoms with van der Waals surface area (Å²) >= 11 is 0. The molecule has 5 rings (SSSR count).